The van der Waals surface area contributed by atoms with Crippen LogP contribution >= 0.6 is 0 Å². The summed E-state index contributed by atoms with van der Waals surface area (Å²) in [4.78, 5) is 16.9. The Morgan fingerprint density at radius 2 is 1.70 bits per heavy atom. The average Bonchev–Trinajstić information content (AvgIpc) is 2.74. The predicted octanol–water partition coefficient (Wildman–Crippen LogP) is 3.41. The van der Waals surface area contributed by atoms with E-state index in [1.165, 1.54) is 11.1 Å². The van der Waals surface area contributed by atoms with Gasteiger partial charge in [-0.25, -0.2) is 8.51 Å². The van der Waals surface area contributed by atoms with Crippen molar-refractivity contribution in [3.05, 3.63) is 89.7 Å². The van der Waals surface area contributed by atoms with Crippen LogP contribution in [0.4, 0.5) is 5.69 Å². The smallest absolute Gasteiger partial charge is 0.274 e. The summed E-state index contributed by atoms with van der Waals surface area (Å²) < 4.78 is 14.9. The molecule has 0 spiro atoms. The van der Waals surface area contributed by atoms with Gasteiger partial charge in [0.05, 0.1) is 4.90 Å². The Morgan fingerprint density at radius 1 is 0.963 bits per heavy atom. The number of nitrogens with one attached hydrogen (secondary N) is 1. The summed E-state index contributed by atoms with van der Waals surface area (Å²) in [7, 11) is -1.23. The molecular weight excluding hydrogens is 358 g/mol. The normalized spacial score (nSPS) is 15.0. The van der Waals surface area contributed by atoms with E-state index in [-0.39, 0.29) is 5.91 Å². The highest BCUT2D eigenvalue weighted by atomic mass is 32.2. The molecule has 2 aromatic carbocycles. The number of benzene rings is 2. The molecule has 0 bridgehead atoms. The minimum absolute atomic E-state index is 0.267. The molecule has 0 radical (unpaired) electrons. The van der Waals surface area contributed by atoms with Gasteiger partial charge in [0.25, 0.3) is 5.91 Å². The van der Waals surface area contributed by atoms with Gasteiger partial charge in [0.1, 0.15) is 16.7 Å². The van der Waals surface area contributed by atoms with Gasteiger partial charge in [0.15, 0.2) is 0 Å². The van der Waals surface area contributed by atoms with Crippen LogP contribution in [-0.4, -0.2) is 26.0 Å². The minimum Gasteiger partial charge on any atom is -0.321 e. The van der Waals surface area contributed by atoms with Crippen molar-refractivity contribution >= 4 is 22.6 Å². The number of anilines is 1. The van der Waals surface area contributed by atoms with Gasteiger partial charge in [0, 0.05) is 25.0 Å². The van der Waals surface area contributed by atoms with E-state index in [1.54, 1.807) is 48.7 Å². The van der Waals surface area contributed by atoms with Crippen LogP contribution in [0.2, 0.25) is 0 Å². The topological polar surface area (TPSA) is 62.3 Å². The number of carbonyl (C=O) groups is 1. The van der Waals surface area contributed by atoms with Crippen molar-refractivity contribution in [3.8, 4) is 0 Å². The van der Waals surface area contributed by atoms with Crippen LogP contribution in [0.3, 0.4) is 0 Å². The van der Waals surface area contributed by atoms with Crippen LogP contribution in [0.25, 0.3) is 0 Å². The Kier molecular flexibility index (Phi) is 5.09. The summed E-state index contributed by atoms with van der Waals surface area (Å²) in [6.45, 7) is 1.45. The lowest BCUT2D eigenvalue weighted by atomic mass is 10.0. The number of hydrogen-bond acceptors (Lipinski definition) is 3. The van der Waals surface area contributed by atoms with E-state index in [4.69, 9.17) is 0 Å². The zero-order chi connectivity index (χ0) is 18.6. The summed E-state index contributed by atoms with van der Waals surface area (Å²) in [6, 6.07) is 20.6. The molecule has 0 saturated carbocycles. The molecule has 1 aromatic heterocycles. The maximum absolute atomic E-state index is 12.9. The molecule has 1 unspecified atom stereocenters. The van der Waals surface area contributed by atoms with Gasteiger partial charge in [-0.05, 0) is 53.9 Å². The largest absolute Gasteiger partial charge is 0.321 e. The number of pyridine rings is 1. The van der Waals surface area contributed by atoms with E-state index in [0.29, 0.717) is 17.9 Å². The second kappa shape index (κ2) is 7.82. The summed E-state index contributed by atoms with van der Waals surface area (Å²) in [5, 5.41) is 2.80. The lowest BCUT2D eigenvalue weighted by molar-refractivity contribution is 0.102. The van der Waals surface area contributed by atoms with Crippen LogP contribution in [0.5, 0.6) is 0 Å². The maximum atomic E-state index is 12.9. The van der Waals surface area contributed by atoms with Crippen molar-refractivity contribution < 1.29 is 9.00 Å². The van der Waals surface area contributed by atoms with Crippen LogP contribution in [0.1, 0.15) is 21.6 Å². The van der Waals surface area contributed by atoms with Crippen molar-refractivity contribution in [3.63, 3.8) is 0 Å². The zero-order valence-electron chi connectivity index (χ0n) is 14.7. The first-order chi connectivity index (χ1) is 13.2. The molecule has 4 rings (SSSR count). The number of rotatable bonds is 4. The van der Waals surface area contributed by atoms with Gasteiger partial charge in [-0.3, -0.25) is 9.78 Å². The molecule has 1 aliphatic rings. The van der Waals surface area contributed by atoms with Gasteiger partial charge in [0.2, 0.25) is 0 Å². The first-order valence-electron chi connectivity index (χ1n) is 8.77. The van der Waals surface area contributed by atoms with Crippen molar-refractivity contribution in [2.75, 3.05) is 11.9 Å². The number of fused-ring (bicyclic) bond motifs is 1. The fourth-order valence-corrected chi connectivity index (χ4v) is 4.29. The first kappa shape index (κ1) is 17.6. The molecular formula is C21H19N3O2S. The van der Waals surface area contributed by atoms with Gasteiger partial charge in [-0.1, -0.05) is 30.3 Å². The number of aromatic nitrogens is 1. The Bertz CT molecular complexity index is 974. The summed E-state index contributed by atoms with van der Waals surface area (Å²) in [5.41, 5.74) is 3.57. The molecule has 27 heavy (non-hydrogen) atoms. The third-order valence-electron chi connectivity index (χ3n) is 4.54. The number of amides is 1. The standard InChI is InChI=1S/C21H19N3O2S/c25-21(20-7-3-4-13-22-20)23-18-8-10-19(11-9-18)27(26)24-14-12-16-5-1-2-6-17(16)15-24/h1-11,13H,12,14-15H2,(H,23,25). The van der Waals surface area contributed by atoms with Gasteiger partial charge in [-0.2, -0.15) is 0 Å². The van der Waals surface area contributed by atoms with Crippen LogP contribution < -0.4 is 5.32 Å². The van der Waals surface area contributed by atoms with Crippen molar-refractivity contribution in [2.24, 2.45) is 0 Å². The molecule has 1 atom stereocenters. The van der Waals surface area contributed by atoms with E-state index in [0.717, 1.165) is 17.9 Å². The molecule has 0 fully saturated rings. The Labute approximate surface area is 160 Å². The minimum atomic E-state index is -1.23. The quantitative estimate of drug-likeness (QED) is 0.758. The van der Waals surface area contributed by atoms with Crippen LogP contribution in [0.15, 0.2) is 77.8 Å². The molecule has 1 aliphatic heterocycles. The fraction of sp³-hybridized carbons (Fsp3) is 0.143. The molecule has 0 aliphatic carbocycles. The maximum Gasteiger partial charge on any atom is 0.274 e. The van der Waals surface area contributed by atoms with Crippen molar-refractivity contribution in [2.45, 2.75) is 17.9 Å². The molecule has 6 heteroatoms. The van der Waals surface area contributed by atoms with Crippen molar-refractivity contribution in [1.29, 1.82) is 0 Å². The highest BCUT2D eigenvalue weighted by Gasteiger charge is 2.21. The predicted molar refractivity (Wildman–Crippen MR) is 106 cm³/mol. The van der Waals surface area contributed by atoms with Gasteiger partial charge < -0.3 is 5.32 Å². The monoisotopic (exact) mass is 377 g/mol. The van der Waals surface area contributed by atoms with E-state index in [9.17, 15) is 9.00 Å². The molecule has 5 nitrogen and oxygen atoms in total. The summed E-state index contributed by atoms with van der Waals surface area (Å²) in [5.74, 6) is -0.267. The fourth-order valence-electron chi connectivity index (χ4n) is 3.11. The van der Waals surface area contributed by atoms with Crippen LogP contribution in [0, 0.1) is 0 Å². The number of carbonyl (C=O) groups excluding carboxylic acids is 1. The average molecular weight is 377 g/mol. The molecule has 1 amide bonds. The molecule has 3 aromatic rings. The first-order valence-corrected chi connectivity index (χ1v) is 9.87. The summed E-state index contributed by atoms with van der Waals surface area (Å²) in [6.07, 6.45) is 2.48. The number of nitrogens with zero attached hydrogens (tertiary/aromatic N) is 2. The SMILES string of the molecule is O=C(Nc1ccc(S(=O)N2CCc3ccccc3C2)cc1)c1ccccn1. The highest BCUT2D eigenvalue weighted by molar-refractivity contribution is 7.82. The molecule has 2 heterocycles. The van der Waals surface area contributed by atoms with Gasteiger partial charge in [-0.15, -0.1) is 0 Å². The third kappa shape index (κ3) is 3.97. The molecule has 136 valence electrons. The second-order valence-corrected chi connectivity index (χ2v) is 7.81. The van der Waals surface area contributed by atoms with Gasteiger partial charge >= 0.3 is 0 Å². The zero-order valence-corrected chi connectivity index (χ0v) is 15.5. The Hall–Kier alpha value is -2.83. The van der Waals surface area contributed by atoms with E-state index < -0.39 is 11.0 Å². The lowest BCUT2D eigenvalue weighted by Gasteiger charge is -2.27. The number of hydrogen-bond donors (Lipinski definition) is 1. The highest BCUT2D eigenvalue weighted by Crippen LogP contribution is 2.23. The Balaban J connectivity index is 1.43. The lowest BCUT2D eigenvalue weighted by Crippen LogP contribution is -2.32. The Morgan fingerprint density at radius 3 is 2.44 bits per heavy atom. The van der Waals surface area contributed by atoms with E-state index in [1.807, 2.05) is 16.4 Å². The molecule has 1 N–H and O–H groups in total. The second-order valence-electron chi connectivity index (χ2n) is 6.32. The van der Waals surface area contributed by atoms with E-state index >= 15 is 0 Å². The van der Waals surface area contributed by atoms with Crippen LogP contribution in [-0.2, 0) is 24.0 Å². The summed E-state index contributed by atoms with van der Waals surface area (Å²) >= 11 is 0. The van der Waals surface area contributed by atoms with Crippen molar-refractivity contribution in [1.82, 2.24) is 9.29 Å². The molecule has 0 saturated heterocycles. The van der Waals surface area contributed by atoms with E-state index in [2.05, 4.69) is 22.4 Å². The third-order valence-corrected chi connectivity index (χ3v) is 6.00.